The van der Waals surface area contributed by atoms with Gasteiger partial charge in [-0.15, -0.1) is 0 Å². The average Bonchev–Trinajstić information content (AvgIpc) is 2.65. The third kappa shape index (κ3) is 1.47. The highest BCUT2D eigenvalue weighted by molar-refractivity contribution is 5.62. The lowest BCUT2D eigenvalue weighted by molar-refractivity contribution is -0.109. The minimum Gasteiger partial charge on any atom is -0.355 e. The van der Waals surface area contributed by atoms with E-state index in [0.29, 0.717) is 0 Å². The Bertz CT molecular complexity index is 340. The second kappa shape index (κ2) is 3.95. The second-order valence-corrected chi connectivity index (χ2v) is 3.35. The van der Waals surface area contributed by atoms with E-state index in [1.165, 1.54) is 11.1 Å². The van der Waals surface area contributed by atoms with Crippen LogP contribution < -0.4 is 0 Å². The Hall–Kier alpha value is -1.12. The van der Waals surface area contributed by atoms with Crippen LogP contribution >= 0.6 is 0 Å². The molecule has 1 aliphatic carbocycles. The van der Waals surface area contributed by atoms with Gasteiger partial charge in [-0.05, 0) is 11.1 Å². The maximum absolute atomic E-state index is 5.27. The lowest BCUT2D eigenvalue weighted by Gasteiger charge is -2.20. The van der Waals surface area contributed by atoms with Gasteiger partial charge in [0.05, 0.1) is 5.92 Å². The van der Waals surface area contributed by atoms with Crippen LogP contribution in [0.25, 0.3) is 6.08 Å². The molecule has 1 aliphatic rings. The van der Waals surface area contributed by atoms with Crippen LogP contribution in [0.5, 0.6) is 0 Å². The van der Waals surface area contributed by atoms with Gasteiger partial charge in [0.2, 0.25) is 0 Å². The fourth-order valence-corrected chi connectivity index (χ4v) is 1.90. The van der Waals surface area contributed by atoms with Crippen LogP contribution in [-0.2, 0) is 9.47 Å². The van der Waals surface area contributed by atoms with Crippen LogP contribution in [-0.4, -0.2) is 20.5 Å². The highest BCUT2D eigenvalue weighted by Crippen LogP contribution is 2.33. The number of ether oxygens (including phenoxy) is 2. The smallest absolute Gasteiger partial charge is 0.167 e. The highest BCUT2D eigenvalue weighted by atomic mass is 16.7. The predicted octanol–water partition coefficient (Wildman–Crippen LogP) is 2.42. The molecule has 0 fully saturated rings. The van der Waals surface area contributed by atoms with Gasteiger partial charge in [-0.1, -0.05) is 36.4 Å². The van der Waals surface area contributed by atoms with Crippen molar-refractivity contribution in [3.63, 3.8) is 0 Å². The SMILES string of the molecule is COC(OC)[C@@H]1C=Cc2ccccc21. The summed E-state index contributed by atoms with van der Waals surface area (Å²) in [5.41, 5.74) is 2.54. The molecule has 0 unspecified atom stereocenters. The first-order valence-electron chi connectivity index (χ1n) is 4.69. The molecule has 0 aliphatic heterocycles. The zero-order chi connectivity index (χ0) is 9.97. The molecule has 14 heavy (non-hydrogen) atoms. The molecule has 2 heteroatoms. The monoisotopic (exact) mass is 190 g/mol. The third-order valence-electron chi connectivity index (χ3n) is 2.60. The fourth-order valence-electron chi connectivity index (χ4n) is 1.90. The van der Waals surface area contributed by atoms with Crippen molar-refractivity contribution in [1.29, 1.82) is 0 Å². The first-order valence-corrected chi connectivity index (χ1v) is 4.69. The number of benzene rings is 1. The van der Waals surface area contributed by atoms with Crippen molar-refractivity contribution in [2.45, 2.75) is 12.2 Å². The number of hydrogen-bond donors (Lipinski definition) is 0. The lowest BCUT2D eigenvalue weighted by Crippen LogP contribution is -2.20. The molecule has 0 bridgehead atoms. The summed E-state index contributed by atoms with van der Waals surface area (Å²) >= 11 is 0. The first-order chi connectivity index (χ1) is 6.86. The second-order valence-electron chi connectivity index (χ2n) is 3.35. The maximum Gasteiger partial charge on any atom is 0.167 e. The van der Waals surface area contributed by atoms with Gasteiger partial charge in [-0.2, -0.15) is 0 Å². The Kier molecular flexibility index (Phi) is 2.66. The van der Waals surface area contributed by atoms with Crippen molar-refractivity contribution >= 4 is 6.08 Å². The van der Waals surface area contributed by atoms with Gasteiger partial charge in [0.15, 0.2) is 6.29 Å². The van der Waals surface area contributed by atoms with Gasteiger partial charge in [-0.25, -0.2) is 0 Å². The van der Waals surface area contributed by atoms with Crippen molar-refractivity contribution in [3.05, 3.63) is 41.5 Å². The summed E-state index contributed by atoms with van der Waals surface area (Å²) in [6.45, 7) is 0. The Labute approximate surface area is 84.2 Å². The molecule has 0 saturated heterocycles. The summed E-state index contributed by atoms with van der Waals surface area (Å²) in [5, 5.41) is 0. The normalized spacial score (nSPS) is 18.9. The fraction of sp³-hybridized carbons (Fsp3) is 0.333. The van der Waals surface area contributed by atoms with E-state index in [9.17, 15) is 0 Å². The zero-order valence-electron chi connectivity index (χ0n) is 8.44. The molecular weight excluding hydrogens is 176 g/mol. The van der Waals surface area contributed by atoms with Crippen molar-refractivity contribution < 1.29 is 9.47 Å². The molecule has 2 nitrogen and oxygen atoms in total. The quantitative estimate of drug-likeness (QED) is 0.681. The molecule has 2 rings (SSSR count). The molecule has 1 atom stereocenters. The molecule has 1 aromatic carbocycles. The first kappa shape index (κ1) is 9.44. The Balaban J connectivity index is 2.29. The minimum absolute atomic E-state index is 0.185. The molecule has 0 radical (unpaired) electrons. The van der Waals surface area contributed by atoms with Crippen molar-refractivity contribution in [2.75, 3.05) is 14.2 Å². The molecular formula is C12H14O2. The summed E-state index contributed by atoms with van der Waals surface area (Å²) < 4.78 is 10.5. The van der Waals surface area contributed by atoms with E-state index in [2.05, 4.69) is 24.3 Å². The summed E-state index contributed by atoms with van der Waals surface area (Å²) in [6.07, 6.45) is 4.06. The molecule has 0 N–H and O–H groups in total. The van der Waals surface area contributed by atoms with Crippen molar-refractivity contribution in [2.24, 2.45) is 0 Å². The predicted molar refractivity (Wildman–Crippen MR) is 56.0 cm³/mol. The number of rotatable bonds is 3. The van der Waals surface area contributed by atoms with E-state index in [4.69, 9.17) is 9.47 Å². The average molecular weight is 190 g/mol. The Morgan fingerprint density at radius 3 is 2.57 bits per heavy atom. The zero-order valence-corrected chi connectivity index (χ0v) is 8.44. The van der Waals surface area contributed by atoms with Gasteiger partial charge < -0.3 is 9.47 Å². The van der Waals surface area contributed by atoms with E-state index in [1.54, 1.807) is 14.2 Å². The van der Waals surface area contributed by atoms with Crippen molar-refractivity contribution in [3.8, 4) is 0 Å². The van der Waals surface area contributed by atoms with Crippen LogP contribution in [0.3, 0.4) is 0 Å². The minimum atomic E-state index is -0.185. The topological polar surface area (TPSA) is 18.5 Å². The van der Waals surface area contributed by atoms with Gasteiger partial charge in [0, 0.05) is 14.2 Å². The Morgan fingerprint density at radius 1 is 1.14 bits per heavy atom. The molecule has 0 amide bonds. The molecule has 0 heterocycles. The highest BCUT2D eigenvalue weighted by Gasteiger charge is 2.25. The van der Waals surface area contributed by atoms with Crippen molar-refractivity contribution in [1.82, 2.24) is 0 Å². The van der Waals surface area contributed by atoms with E-state index in [-0.39, 0.29) is 12.2 Å². The molecule has 74 valence electrons. The van der Waals surface area contributed by atoms with Crippen LogP contribution in [0.4, 0.5) is 0 Å². The van der Waals surface area contributed by atoms with E-state index in [1.807, 2.05) is 12.1 Å². The van der Waals surface area contributed by atoms with Crippen LogP contribution in [0.2, 0.25) is 0 Å². The van der Waals surface area contributed by atoms with Crippen LogP contribution in [0.15, 0.2) is 30.3 Å². The van der Waals surface area contributed by atoms with Crippen LogP contribution in [0, 0.1) is 0 Å². The lowest BCUT2D eigenvalue weighted by atomic mass is 10.0. The van der Waals surface area contributed by atoms with Crippen LogP contribution in [0.1, 0.15) is 17.0 Å². The van der Waals surface area contributed by atoms with Gasteiger partial charge in [-0.3, -0.25) is 0 Å². The molecule has 0 spiro atoms. The Morgan fingerprint density at radius 2 is 1.86 bits per heavy atom. The maximum atomic E-state index is 5.27. The molecule has 0 saturated carbocycles. The summed E-state index contributed by atoms with van der Waals surface area (Å²) in [5.74, 6) is 0.223. The molecule has 1 aromatic rings. The van der Waals surface area contributed by atoms with Gasteiger partial charge >= 0.3 is 0 Å². The summed E-state index contributed by atoms with van der Waals surface area (Å²) in [6, 6.07) is 8.31. The van der Waals surface area contributed by atoms with E-state index in [0.717, 1.165) is 0 Å². The van der Waals surface area contributed by atoms with Gasteiger partial charge in [0.1, 0.15) is 0 Å². The summed E-state index contributed by atoms with van der Waals surface area (Å²) in [4.78, 5) is 0. The standard InChI is InChI=1S/C12H14O2/c1-13-12(14-2)11-8-7-9-5-3-4-6-10(9)11/h3-8,11-12H,1-2H3/t11-/m1/s1. The molecule has 0 aromatic heterocycles. The number of methoxy groups -OCH3 is 2. The number of fused-ring (bicyclic) bond motifs is 1. The summed E-state index contributed by atoms with van der Waals surface area (Å²) in [7, 11) is 3.34. The largest absolute Gasteiger partial charge is 0.355 e. The van der Waals surface area contributed by atoms with E-state index < -0.39 is 0 Å². The number of hydrogen-bond acceptors (Lipinski definition) is 2. The van der Waals surface area contributed by atoms with Gasteiger partial charge in [0.25, 0.3) is 0 Å². The van der Waals surface area contributed by atoms with E-state index >= 15 is 0 Å². The third-order valence-corrected chi connectivity index (χ3v) is 2.60.